The van der Waals surface area contributed by atoms with Crippen molar-refractivity contribution in [3.63, 3.8) is 0 Å². The van der Waals surface area contributed by atoms with Crippen LogP contribution in [0.15, 0.2) is 0 Å². The molecule has 25 heavy (non-hydrogen) atoms. The van der Waals surface area contributed by atoms with E-state index in [1.54, 1.807) is 20.8 Å². The van der Waals surface area contributed by atoms with Crippen molar-refractivity contribution in [2.45, 2.75) is 26.4 Å². The normalized spacial score (nSPS) is 10.3. The lowest BCUT2D eigenvalue weighted by molar-refractivity contribution is -0.145. The van der Waals surface area contributed by atoms with Gasteiger partial charge in [-0.25, -0.2) is 14.5 Å². The van der Waals surface area contributed by atoms with Gasteiger partial charge in [-0.3, -0.25) is 14.4 Å². The molecule has 0 fully saturated rings. The van der Waals surface area contributed by atoms with E-state index in [-0.39, 0.29) is 0 Å². The molecule has 0 radical (unpaired) electrons. The number of carbonyl (C=O) groups excluding carboxylic acids is 5. The molecule has 11 nitrogen and oxygen atoms in total. The van der Waals surface area contributed by atoms with Crippen LogP contribution in [0.3, 0.4) is 0 Å². The molecule has 0 heterocycles. The molecule has 2 N–H and O–H groups in total. The van der Waals surface area contributed by atoms with Gasteiger partial charge in [-0.05, 0) is 20.8 Å². The zero-order chi connectivity index (χ0) is 19.6. The van der Waals surface area contributed by atoms with Crippen LogP contribution in [0, 0.1) is 0 Å². The first-order valence-corrected chi connectivity index (χ1v) is 7.18. The summed E-state index contributed by atoms with van der Waals surface area (Å²) in [5.74, 6) is -2.42. The maximum absolute atomic E-state index is 11.9. The number of methoxy groups -OCH3 is 2. The molecule has 142 valence electrons. The Morgan fingerprint density at radius 3 is 2.00 bits per heavy atom. The van der Waals surface area contributed by atoms with E-state index in [2.05, 4.69) is 20.1 Å². The fraction of sp³-hybridized carbons (Fsp3) is 0.643. The lowest BCUT2D eigenvalue weighted by Gasteiger charge is -2.20. The van der Waals surface area contributed by atoms with Gasteiger partial charge in [-0.2, -0.15) is 0 Å². The molecular formula is C14H23N3O8. The van der Waals surface area contributed by atoms with Crippen LogP contribution in [0.4, 0.5) is 9.59 Å². The fourth-order valence-electron chi connectivity index (χ4n) is 1.36. The number of amides is 4. The molecule has 11 heteroatoms. The highest BCUT2D eigenvalue weighted by Gasteiger charge is 2.25. The fourth-order valence-corrected chi connectivity index (χ4v) is 1.36. The van der Waals surface area contributed by atoms with E-state index in [0.717, 1.165) is 14.2 Å². The van der Waals surface area contributed by atoms with Gasteiger partial charge in [0.05, 0.1) is 20.8 Å². The predicted octanol–water partition coefficient (Wildman–Crippen LogP) is -0.605. The summed E-state index contributed by atoms with van der Waals surface area (Å²) in [4.78, 5) is 58.1. The summed E-state index contributed by atoms with van der Waals surface area (Å²) >= 11 is 0. The number of hydrogen-bond acceptors (Lipinski definition) is 8. The molecule has 0 aromatic carbocycles. The number of ether oxygens (including phenoxy) is 3. The summed E-state index contributed by atoms with van der Waals surface area (Å²) in [6.07, 6.45) is -1.87. The topological polar surface area (TPSA) is 140 Å². The lowest BCUT2D eigenvalue weighted by atomic mass is 10.2. The molecule has 0 saturated carbocycles. The molecule has 0 spiro atoms. The highest BCUT2D eigenvalue weighted by molar-refractivity contribution is 5.97. The molecule has 0 saturated heterocycles. The first-order chi connectivity index (χ1) is 11.5. The van der Waals surface area contributed by atoms with Crippen LogP contribution in [-0.2, 0) is 28.6 Å². The van der Waals surface area contributed by atoms with Gasteiger partial charge < -0.3 is 24.8 Å². The Labute approximate surface area is 144 Å². The third kappa shape index (κ3) is 9.79. The van der Waals surface area contributed by atoms with Gasteiger partial charge in [-0.15, -0.1) is 0 Å². The quantitative estimate of drug-likeness (QED) is 0.472. The molecule has 0 aliphatic heterocycles. The van der Waals surface area contributed by atoms with Crippen molar-refractivity contribution in [3.05, 3.63) is 0 Å². The van der Waals surface area contributed by atoms with Gasteiger partial charge >= 0.3 is 18.2 Å². The van der Waals surface area contributed by atoms with Crippen molar-refractivity contribution in [2.24, 2.45) is 0 Å². The second-order valence-corrected chi connectivity index (χ2v) is 5.66. The molecule has 0 rings (SSSR count). The van der Waals surface area contributed by atoms with Crippen LogP contribution in [0.5, 0.6) is 0 Å². The van der Waals surface area contributed by atoms with E-state index in [9.17, 15) is 24.0 Å². The largest absolute Gasteiger partial charge is 0.468 e. The SMILES string of the molecule is COC(=O)CN(C(=O)CNC(=O)CNC(=O)OC(C)(C)C)C(=O)OC. The average Bonchev–Trinajstić information content (AvgIpc) is 2.52. The van der Waals surface area contributed by atoms with Crippen LogP contribution in [0.1, 0.15) is 20.8 Å². The van der Waals surface area contributed by atoms with E-state index in [4.69, 9.17) is 4.74 Å². The number of alkyl carbamates (subject to hydrolysis) is 1. The third-order valence-electron chi connectivity index (χ3n) is 2.44. The number of nitrogens with zero attached hydrogens (tertiary/aromatic N) is 1. The molecule has 0 aromatic heterocycles. The number of nitrogens with one attached hydrogen (secondary N) is 2. The minimum atomic E-state index is -1.07. The average molecular weight is 361 g/mol. The molecule has 4 amide bonds. The third-order valence-corrected chi connectivity index (χ3v) is 2.44. The van der Waals surface area contributed by atoms with Crippen molar-refractivity contribution in [2.75, 3.05) is 33.9 Å². The molecule has 0 aliphatic rings. The molecular weight excluding hydrogens is 338 g/mol. The summed E-state index contributed by atoms with van der Waals surface area (Å²) < 4.78 is 13.7. The molecule has 0 atom stereocenters. The van der Waals surface area contributed by atoms with E-state index < -0.39 is 55.2 Å². The Hall–Kier alpha value is -2.85. The second-order valence-electron chi connectivity index (χ2n) is 5.66. The number of rotatable bonds is 6. The Balaban J connectivity index is 4.44. The van der Waals surface area contributed by atoms with Gasteiger partial charge in [0.2, 0.25) is 5.91 Å². The Morgan fingerprint density at radius 1 is 0.920 bits per heavy atom. The summed E-state index contributed by atoms with van der Waals surface area (Å²) in [7, 11) is 2.12. The van der Waals surface area contributed by atoms with Crippen LogP contribution in [-0.4, -0.2) is 74.3 Å². The molecule has 0 bridgehead atoms. The van der Waals surface area contributed by atoms with Crippen LogP contribution < -0.4 is 10.6 Å². The Kier molecular flexibility index (Phi) is 8.95. The summed E-state index contributed by atoms with van der Waals surface area (Å²) in [6, 6.07) is 0. The lowest BCUT2D eigenvalue weighted by Crippen LogP contribution is -2.47. The maximum Gasteiger partial charge on any atom is 0.416 e. The number of hydrogen-bond donors (Lipinski definition) is 2. The summed E-state index contributed by atoms with van der Waals surface area (Å²) in [6.45, 7) is 3.31. The van der Waals surface area contributed by atoms with Gasteiger partial charge in [0, 0.05) is 0 Å². The summed E-state index contributed by atoms with van der Waals surface area (Å²) in [5.41, 5.74) is -0.717. The molecule has 0 aliphatic carbocycles. The van der Waals surface area contributed by atoms with Crippen LogP contribution >= 0.6 is 0 Å². The van der Waals surface area contributed by atoms with E-state index in [1.165, 1.54) is 0 Å². The van der Waals surface area contributed by atoms with Crippen LogP contribution in [0.25, 0.3) is 0 Å². The minimum Gasteiger partial charge on any atom is -0.468 e. The van der Waals surface area contributed by atoms with Crippen molar-refractivity contribution in [1.82, 2.24) is 15.5 Å². The molecule has 0 aromatic rings. The van der Waals surface area contributed by atoms with Gasteiger partial charge in [0.25, 0.3) is 5.91 Å². The monoisotopic (exact) mass is 361 g/mol. The standard InChI is InChI=1S/C14H23N3O8/c1-14(2,3)25-12(21)16-6-9(18)15-7-10(19)17(13(22)24-5)8-11(20)23-4/h6-8H2,1-5H3,(H,15,18)(H,16,21). The Bertz CT molecular complexity index is 527. The first-order valence-electron chi connectivity index (χ1n) is 7.18. The number of esters is 1. The number of imide groups is 1. The Morgan fingerprint density at radius 2 is 1.52 bits per heavy atom. The van der Waals surface area contributed by atoms with Gasteiger partial charge in [-0.1, -0.05) is 0 Å². The van der Waals surface area contributed by atoms with Crippen molar-refractivity contribution >= 4 is 30.0 Å². The maximum atomic E-state index is 11.9. The van der Waals surface area contributed by atoms with E-state index in [1.807, 2.05) is 0 Å². The minimum absolute atomic E-state index is 0.433. The first kappa shape index (κ1) is 22.1. The zero-order valence-electron chi connectivity index (χ0n) is 14.8. The van der Waals surface area contributed by atoms with Crippen molar-refractivity contribution in [1.29, 1.82) is 0 Å². The summed E-state index contributed by atoms with van der Waals surface area (Å²) in [5, 5.41) is 4.39. The molecule has 0 unspecified atom stereocenters. The zero-order valence-corrected chi connectivity index (χ0v) is 14.8. The van der Waals surface area contributed by atoms with Gasteiger partial charge in [0.1, 0.15) is 18.7 Å². The van der Waals surface area contributed by atoms with Gasteiger partial charge in [0.15, 0.2) is 0 Å². The van der Waals surface area contributed by atoms with Crippen molar-refractivity contribution < 1.29 is 38.2 Å². The second kappa shape index (κ2) is 10.1. The van der Waals surface area contributed by atoms with E-state index in [0.29, 0.717) is 4.90 Å². The number of carbonyl (C=O) groups is 5. The van der Waals surface area contributed by atoms with Crippen molar-refractivity contribution in [3.8, 4) is 0 Å². The predicted molar refractivity (Wildman–Crippen MR) is 83.4 cm³/mol. The smallest absolute Gasteiger partial charge is 0.416 e. The highest BCUT2D eigenvalue weighted by atomic mass is 16.6. The highest BCUT2D eigenvalue weighted by Crippen LogP contribution is 2.06. The van der Waals surface area contributed by atoms with E-state index >= 15 is 0 Å². The van der Waals surface area contributed by atoms with Crippen LogP contribution in [0.2, 0.25) is 0 Å².